The van der Waals surface area contributed by atoms with Crippen LogP contribution in [0, 0.1) is 24.2 Å². The molecule has 1 amide bonds. The van der Waals surface area contributed by atoms with Gasteiger partial charge in [0.2, 0.25) is 6.41 Å². The van der Waals surface area contributed by atoms with Gasteiger partial charge in [-0.15, -0.1) is 0 Å². The molecule has 0 atom stereocenters. The Balaban J connectivity index is -0.000000550. The molecule has 1 fully saturated rings. The molecule has 1 heterocycles. The van der Waals surface area contributed by atoms with E-state index in [1.54, 1.807) is 0 Å². The minimum absolute atomic E-state index is 0. The SMILES string of the molecule is CCC.C[CH-]C.[Ag].[CH2-]C(C)(C)CC(C)(C)CN1CCN(C=O)CC1. The minimum atomic E-state index is 0. The van der Waals surface area contributed by atoms with Crippen molar-refractivity contribution in [3.05, 3.63) is 13.3 Å². The first-order valence-corrected chi connectivity index (χ1v) is 9.06. The molecule has 1 saturated heterocycles. The summed E-state index contributed by atoms with van der Waals surface area (Å²) in [7, 11) is 0. The zero-order valence-electron chi connectivity index (χ0n) is 17.4. The van der Waals surface area contributed by atoms with E-state index in [0.717, 1.165) is 45.6 Å². The number of piperazine rings is 1. The molecule has 3 nitrogen and oxygen atoms in total. The molecular formula is C20H42AgN2O-2. The van der Waals surface area contributed by atoms with E-state index in [1.165, 1.54) is 6.42 Å². The molecule has 24 heavy (non-hydrogen) atoms. The standard InChI is InChI=1S/C14H27N2O.C3H8.C3H7.Ag/c1-13(2,3)10-14(4,5)11-15-6-8-16(12-17)9-7-15;2*1-3-2;/h12H,1,6-11H2,2-5H3;3H2,1-2H3;3H,1-2H3;/q-1;;-1;. The van der Waals surface area contributed by atoms with Crippen LogP contribution in [0.2, 0.25) is 0 Å². The van der Waals surface area contributed by atoms with Crippen molar-refractivity contribution in [2.45, 2.75) is 68.2 Å². The summed E-state index contributed by atoms with van der Waals surface area (Å²) in [5, 5.41) is 0. The van der Waals surface area contributed by atoms with E-state index in [4.69, 9.17) is 0 Å². The summed E-state index contributed by atoms with van der Waals surface area (Å²) in [4.78, 5) is 15.0. The van der Waals surface area contributed by atoms with E-state index in [9.17, 15) is 4.79 Å². The predicted molar refractivity (Wildman–Crippen MR) is 103 cm³/mol. The molecule has 1 rings (SSSR count). The van der Waals surface area contributed by atoms with Crippen LogP contribution in [0.3, 0.4) is 0 Å². The van der Waals surface area contributed by atoms with E-state index < -0.39 is 0 Å². The molecule has 0 aromatic rings. The van der Waals surface area contributed by atoms with Gasteiger partial charge in [-0.2, -0.15) is 19.3 Å². The van der Waals surface area contributed by atoms with Gasteiger partial charge in [0.05, 0.1) is 0 Å². The number of carbonyl (C=O) groups is 1. The van der Waals surface area contributed by atoms with Crippen LogP contribution in [-0.2, 0) is 27.2 Å². The van der Waals surface area contributed by atoms with Crippen LogP contribution in [0.4, 0.5) is 0 Å². The van der Waals surface area contributed by atoms with E-state index >= 15 is 0 Å². The van der Waals surface area contributed by atoms with E-state index in [1.807, 2.05) is 25.2 Å². The van der Waals surface area contributed by atoms with Crippen LogP contribution in [0.1, 0.15) is 68.2 Å². The molecule has 0 N–H and O–H groups in total. The first-order chi connectivity index (χ1) is 10.5. The zero-order chi connectivity index (χ0) is 18.5. The smallest absolute Gasteiger partial charge is 0.209 e. The summed E-state index contributed by atoms with van der Waals surface area (Å²) in [6.45, 7) is 26.3. The van der Waals surface area contributed by atoms with Crippen LogP contribution in [-0.4, -0.2) is 48.9 Å². The Morgan fingerprint density at radius 2 is 1.42 bits per heavy atom. The Hall–Kier alpha value is 0.170. The maximum atomic E-state index is 10.6. The third kappa shape index (κ3) is 18.5. The molecule has 0 unspecified atom stereocenters. The number of carbonyl (C=O) groups excluding carboxylic acids is 1. The Kier molecular flexibility index (Phi) is 18.6. The van der Waals surface area contributed by atoms with E-state index in [2.05, 4.69) is 53.4 Å². The summed E-state index contributed by atoms with van der Waals surface area (Å²) in [5.74, 6) is 0. The number of hydrogen-bond acceptors (Lipinski definition) is 2. The molecular weight excluding hydrogens is 392 g/mol. The van der Waals surface area contributed by atoms with Crippen molar-refractivity contribution in [3.8, 4) is 0 Å². The predicted octanol–water partition coefficient (Wildman–Crippen LogP) is 4.68. The van der Waals surface area contributed by atoms with E-state index in [-0.39, 0.29) is 33.2 Å². The molecule has 0 aliphatic carbocycles. The first-order valence-electron chi connectivity index (χ1n) is 9.06. The van der Waals surface area contributed by atoms with Crippen molar-refractivity contribution in [3.63, 3.8) is 0 Å². The molecule has 0 spiro atoms. The minimum Gasteiger partial charge on any atom is -0.343 e. The van der Waals surface area contributed by atoms with Gasteiger partial charge in [-0.25, -0.2) is 0 Å². The van der Waals surface area contributed by atoms with Gasteiger partial charge < -0.3 is 18.2 Å². The average Bonchev–Trinajstić information content (AvgIpc) is 2.38. The number of hydrogen-bond donors (Lipinski definition) is 0. The third-order valence-corrected chi connectivity index (χ3v) is 3.16. The van der Waals surface area contributed by atoms with Gasteiger partial charge in [-0.05, 0) is 5.41 Å². The Bertz CT molecular complexity index is 278. The molecule has 1 radical (unpaired) electrons. The van der Waals surface area contributed by atoms with Gasteiger partial charge in [0, 0.05) is 55.1 Å². The third-order valence-electron chi connectivity index (χ3n) is 3.16. The number of nitrogens with zero attached hydrogens (tertiary/aromatic N) is 2. The number of amides is 1. The normalized spacial score (nSPS) is 15.3. The summed E-state index contributed by atoms with van der Waals surface area (Å²) < 4.78 is 0. The van der Waals surface area contributed by atoms with Gasteiger partial charge in [0.15, 0.2) is 0 Å². The maximum Gasteiger partial charge on any atom is 0.209 e. The summed E-state index contributed by atoms with van der Waals surface area (Å²) in [6, 6.07) is 0. The monoisotopic (exact) mass is 433 g/mol. The van der Waals surface area contributed by atoms with Crippen LogP contribution in [0.25, 0.3) is 0 Å². The van der Waals surface area contributed by atoms with Crippen molar-refractivity contribution in [1.82, 2.24) is 9.80 Å². The van der Waals surface area contributed by atoms with Gasteiger partial charge in [0.1, 0.15) is 0 Å². The molecule has 0 saturated carbocycles. The topological polar surface area (TPSA) is 23.6 Å². The molecule has 0 aromatic heterocycles. The molecule has 0 bridgehead atoms. The molecule has 1 aliphatic rings. The van der Waals surface area contributed by atoms with Gasteiger partial charge >= 0.3 is 0 Å². The molecule has 0 aromatic carbocycles. The van der Waals surface area contributed by atoms with Gasteiger partial charge in [-0.1, -0.05) is 54.4 Å². The Morgan fingerprint density at radius 3 is 1.71 bits per heavy atom. The first kappa shape index (κ1) is 29.0. The maximum absolute atomic E-state index is 10.6. The van der Waals surface area contributed by atoms with Crippen LogP contribution in [0.15, 0.2) is 0 Å². The Morgan fingerprint density at radius 1 is 1.04 bits per heavy atom. The fourth-order valence-electron chi connectivity index (χ4n) is 2.98. The van der Waals surface area contributed by atoms with Crippen molar-refractivity contribution in [2.75, 3.05) is 32.7 Å². The molecule has 4 heteroatoms. The fourth-order valence-corrected chi connectivity index (χ4v) is 2.98. The van der Waals surface area contributed by atoms with Crippen LogP contribution >= 0.6 is 0 Å². The quantitative estimate of drug-likeness (QED) is 0.356. The van der Waals surface area contributed by atoms with Crippen LogP contribution in [0.5, 0.6) is 0 Å². The summed E-state index contributed by atoms with van der Waals surface area (Å²) >= 11 is 0. The second kappa shape index (κ2) is 15.4. The van der Waals surface area contributed by atoms with Crippen LogP contribution < -0.4 is 0 Å². The second-order valence-electron chi connectivity index (χ2n) is 8.21. The molecule has 1 aliphatic heterocycles. The van der Waals surface area contributed by atoms with Gasteiger partial charge in [0.25, 0.3) is 0 Å². The van der Waals surface area contributed by atoms with Crippen molar-refractivity contribution in [2.24, 2.45) is 10.8 Å². The fraction of sp³-hybridized carbons (Fsp3) is 0.850. The number of rotatable bonds is 5. The largest absolute Gasteiger partial charge is 0.343 e. The van der Waals surface area contributed by atoms with Gasteiger partial charge in [-0.3, -0.25) is 9.69 Å². The van der Waals surface area contributed by atoms with Crippen molar-refractivity contribution >= 4 is 6.41 Å². The van der Waals surface area contributed by atoms with Crippen molar-refractivity contribution in [1.29, 1.82) is 0 Å². The second-order valence-corrected chi connectivity index (χ2v) is 8.21. The Labute approximate surface area is 168 Å². The van der Waals surface area contributed by atoms with E-state index in [0.29, 0.717) is 0 Å². The zero-order valence-corrected chi connectivity index (χ0v) is 18.9. The summed E-state index contributed by atoms with van der Waals surface area (Å²) in [5.41, 5.74) is 0.419. The summed E-state index contributed by atoms with van der Waals surface area (Å²) in [6.07, 6.45) is 5.33. The molecule has 151 valence electrons. The average molecular weight is 434 g/mol. The van der Waals surface area contributed by atoms with Crippen molar-refractivity contribution < 1.29 is 27.2 Å².